The van der Waals surface area contributed by atoms with Crippen molar-refractivity contribution in [1.82, 2.24) is 9.97 Å². The molecule has 1 aliphatic heterocycles. The molecular weight excluding hydrogens is 267 g/mol. The number of aryl methyl sites for hydroxylation is 1. The maximum absolute atomic E-state index is 9.71. The molecule has 0 unspecified atom stereocenters. The van der Waals surface area contributed by atoms with Gasteiger partial charge in [0.2, 0.25) is 0 Å². The molecule has 1 saturated heterocycles. The maximum atomic E-state index is 9.71. The number of phenols is 1. The fourth-order valence-electron chi connectivity index (χ4n) is 3.01. The van der Waals surface area contributed by atoms with E-state index in [-0.39, 0.29) is 12.4 Å². The number of aliphatic hydroxyl groups excluding tert-OH is 1. The molecule has 1 aliphatic rings. The Morgan fingerprint density at radius 2 is 2.10 bits per heavy atom. The minimum atomic E-state index is -0.257. The number of hydrogen-bond donors (Lipinski definition) is 2. The Morgan fingerprint density at radius 1 is 1.33 bits per heavy atom. The average molecular weight is 286 g/mol. The molecule has 0 aliphatic carbocycles. The van der Waals surface area contributed by atoms with Crippen molar-refractivity contribution in [1.29, 1.82) is 0 Å². The van der Waals surface area contributed by atoms with E-state index in [1.807, 2.05) is 4.81 Å². The summed E-state index contributed by atoms with van der Waals surface area (Å²) >= 11 is 0. The first-order valence-corrected chi connectivity index (χ1v) is 7.38. The van der Waals surface area contributed by atoms with E-state index in [1.165, 1.54) is 0 Å². The summed E-state index contributed by atoms with van der Waals surface area (Å²) in [6, 6.07) is 3.39. The van der Waals surface area contributed by atoms with Gasteiger partial charge in [0, 0.05) is 5.39 Å². The zero-order valence-corrected chi connectivity index (χ0v) is 12.0. The quantitative estimate of drug-likeness (QED) is 0.838. The van der Waals surface area contributed by atoms with E-state index < -0.39 is 0 Å². The van der Waals surface area contributed by atoms with Crippen molar-refractivity contribution in [2.75, 3.05) is 13.1 Å². The smallest absolute Gasteiger partial charge is 0.182 e. The molecule has 2 aromatic rings. The van der Waals surface area contributed by atoms with Crippen molar-refractivity contribution in [3.63, 3.8) is 0 Å². The lowest BCUT2D eigenvalue weighted by Gasteiger charge is -2.29. The van der Waals surface area contributed by atoms with Crippen LogP contribution >= 0.6 is 0 Å². The van der Waals surface area contributed by atoms with Crippen LogP contribution in [0.15, 0.2) is 16.7 Å². The number of aromatic nitrogens is 1. The standard InChI is InChI=1S/C15H19BN2O3/c16-18-7-5-10(6-8-18)1-3-13-11-2-4-14(20)12(9-19)15(11)21-17-13/h2,4,10,19-20H,1,3,5-9H2. The summed E-state index contributed by atoms with van der Waals surface area (Å²) in [4.78, 5) is 1.87. The maximum Gasteiger partial charge on any atom is 0.182 e. The molecule has 0 amide bonds. The first kappa shape index (κ1) is 14.4. The minimum absolute atomic E-state index is 0.0445. The highest BCUT2D eigenvalue weighted by molar-refractivity contribution is 6.04. The first-order valence-electron chi connectivity index (χ1n) is 7.38. The van der Waals surface area contributed by atoms with Gasteiger partial charge >= 0.3 is 0 Å². The second-order valence-corrected chi connectivity index (χ2v) is 5.75. The lowest BCUT2D eigenvalue weighted by atomic mass is 9.90. The third-order valence-electron chi connectivity index (χ3n) is 4.39. The van der Waals surface area contributed by atoms with Gasteiger partial charge in [-0.05, 0) is 56.8 Å². The summed E-state index contributed by atoms with van der Waals surface area (Å²) in [7, 11) is 5.77. The van der Waals surface area contributed by atoms with E-state index >= 15 is 0 Å². The normalized spacial score (nSPS) is 17.6. The molecule has 1 fully saturated rings. The largest absolute Gasteiger partial charge is 0.507 e. The molecule has 1 aromatic heterocycles. The lowest BCUT2D eigenvalue weighted by molar-refractivity contribution is 0.270. The van der Waals surface area contributed by atoms with Crippen LogP contribution in [0.25, 0.3) is 11.0 Å². The van der Waals surface area contributed by atoms with E-state index in [0.717, 1.165) is 49.9 Å². The summed E-state index contributed by atoms with van der Waals surface area (Å²) in [5.41, 5.74) is 1.79. The number of aromatic hydroxyl groups is 1. The fraction of sp³-hybridized carbons (Fsp3) is 0.533. The molecule has 3 rings (SSSR count). The molecule has 1 aromatic carbocycles. The Hall–Kier alpha value is -1.53. The molecular formula is C15H19BN2O3. The van der Waals surface area contributed by atoms with E-state index in [4.69, 9.17) is 12.5 Å². The van der Waals surface area contributed by atoms with E-state index in [9.17, 15) is 10.2 Å². The van der Waals surface area contributed by atoms with Gasteiger partial charge in [-0.1, -0.05) is 5.16 Å². The number of nitrogens with zero attached hydrogens (tertiary/aromatic N) is 2. The zero-order chi connectivity index (χ0) is 14.8. The van der Waals surface area contributed by atoms with Gasteiger partial charge in [0.05, 0.1) is 17.9 Å². The number of hydrogen-bond acceptors (Lipinski definition) is 5. The highest BCUT2D eigenvalue weighted by Gasteiger charge is 2.19. The molecule has 21 heavy (non-hydrogen) atoms. The molecule has 0 spiro atoms. The second-order valence-electron chi connectivity index (χ2n) is 5.75. The van der Waals surface area contributed by atoms with Crippen molar-refractivity contribution >= 4 is 19.0 Å². The van der Waals surface area contributed by atoms with Gasteiger partial charge < -0.3 is 19.5 Å². The van der Waals surface area contributed by atoms with Gasteiger partial charge in [0.15, 0.2) is 13.6 Å². The Kier molecular flexibility index (Phi) is 4.17. The van der Waals surface area contributed by atoms with Gasteiger partial charge in [0.25, 0.3) is 0 Å². The Balaban J connectivity index is 1.73. The average Bonchev–Trinajstić information content (AvgIpc) is 2.90. The van der Waals surface area contributed by atoms with Crippen LogP contribution in [-0.4, -0.2) is 41.3 Å². The molecule has 2 heterocycles. The highest BCUT2D eigenvalue weighted by Crippen LogP contribution is 2.30. The number of aliphatic hydroxyl groups is 1. The van der Waals surface area contributed by atoms with Gasteiger partial charge in [-0.2, -0.15) is 0 Å². The summed E-state index contributed by atoms with van der Waals surface area (Å²) in [6.07, 6.45) is 4.15. The summed E-state index contributed by atoms with van der Waals surface area (Å²) in [6.45, 7) is 1.65. The predicted molar refractivity (Wildman–Crippen MR) is 80.0 cm³/mol. The van der Waals surface area contributed by atoms with E-state index in [1.54, 1.807) is 12.1 Å². The fourth-order valence-corrected chi connectivity index (χ4v) is 3.01. The van der Waals surface area contributed by atoms with Crippen molar-refractivity contribution in [3.8, 4) is 5.75 Å². The van der Waals surface area contributed by atoms with Gasteiger partial charge in [-0.15, -0.1) is 0 Å². The summed E-state index contributed by atoms with van der Waals surface area (Å²) in [5, 5.41) is 24.0. The predicted octanol–water partition coefficient (Wildman–Crippen LogP) is 1.75. The lowest BCUT2D eigenvalue weighted by Crippen LogP contribution is -2.31. The summed E-state index contributed by atoms with van der Waals surface area (Å²) in [5.74, 6) is 0.717. The summed E-state index contributed by atoms with van der Waals surface area (Å²) < 4.78 is 5.31. The van der Waals surface area contributed by atoms with Crippen LogP contribution in [0.2, 0.25) is 0 Å². The van der Waals surface area contributed by atoms with Crippen LogP contribution < -0.4 is 0 Å². The zero-order valence-electron chi connectivity index (χ0n) is 12.0. The number of benzene rings is 1. The highest BCUT2D eigenvalue weighted by atomic mass is 16.5. The van der Waals surface area contributed by atoms with E-state index in [2.05, 4.69) is 5.16 Å². The Morgan fingerprint density at radius 3 is 2.81 bits per heavy atom. The van der Waals surface area contributed by atoms with Gasteiger partial charge in [-0.25, -0.2) is 0 Å². The first-order chi connectivity index (χ1) is 10.2. The van der Waals surface area contributed by atoms with Crippen LogP contribution in [0.3, 0.4) is 0 Å². The van der Waals surface area contributed by atoms with Crippen LogP contribution in [0, 0.1) is 5.92 Å². The van der Waals surface area contributed by atoms with Crippen molar-refractivity contribution in [2.24, 2.45) is 5.92 Å². The van der Waals surface area contributed by atoms with Gasteiger partial charge in [-0.3, -0.25) is 0 Å². The SMILES string of the molecule is [B]N1CCC(CCc2noc3c(CO)c(O)ccc23)CC1. The van der Waals surface area contributed by atoms with Crippen LogP contribution in [-0.2, 0) is 13.0 Å². The van der Waals surface area contributed by atoms with Crippen LogP contribution in [0.5, 0.6) is 5.75 Å². The molecule has 0 atom stereocenters. The monoisotopic (exact) mass is 286 g/mol. The molecule has 5 nitrogen and oxygen atoms in total. The third kappa shape index (κ3) is 2.92. The molecule has 2 N–H and O–H groups in total. The number of piperidine rings is 1. The van der Waals surface area contributed by atoms with Gasteiger partial charge in [0.1, 0.15) is 5.75 Å². The number of fused-ring (bicyclic) bond motifs is 1. The second kappa shape index (κ2) is 6.07. The van der Waals surface area contributed by atoms with Crippen LogP contribution in [0.4, 0.5) is 0 Å². The molecule has 110 valence electrons. The molecule has 2 radical (unpaired) electrons. The minimum Gasteiger partial charge on any atom is -0.507 e. The Labute approximate surface area is 125 Å². The van der Waals surface area contributed by atoms with Crippen molar-refractivity contribution in [2.45, 2.75) is 32.3 Å². The van der Waals surface area contributed by atoms with Crippen molar-refractivity contribution in [3.05, 3.63) is 23.4 Å². The van der Waals surface area contributed by atoms with Crippen LogP contribution in [0.1, 0.15) is 30.5 Å². The topological polar surface area (TPSA) is 69.7 Å². The Bertz CT molecular complexity index is 621. The van der Waals surface area contributed by atoms with E-state index in [0.29, 0.717) is 17.1 Å². The third-order valence-corrected chi connectivity index (χ3v) is 4.39. The number of rotatable bonds is 4. The molecule has 6 heteroatoms. The molecule has 0 bridgehead atoms. The molecule has 0 saturated carbocycles. The van der Waals surface area contributed by atoms with Crippen molar-refractivity contribution < 1.29 is 14.7 Å².